The van der Waals surface area contributed by atoms with E-state index in [2.05, 4.69) is 5.32 Å². The number of para-hydroxylation sites is 1. The van der Waals surface area contributed by atoms with Crippen LogP contribution in [0.4, 0.5) is 0 Å². The van der Waals surface area contributed by atoms with Crippen molar-refractivity contribution in [1.82, 2.24) is 10.2 Å². The molecule has 2 aromatic rings. The third-order valence-corrected chi connectivity index (χ3v) is 5.09. The lowest BCUT2D eigenvalue weighted by Gasteiger charge is -2.29. The minimum atomic E-state index is -0.637. The quantitative estimate of drug-likeness (QED) is 0.512. The van der Waals surface area contributed by atoms with Gasteiger partial charge in [-0.1, -0.05) is 47.5 Å². The topological polar surface area (TPSA) is 58.6 Å². The molecule has 0 aliphatic rings. The summed E-state index contributed by atoms with van der Waals surface area (Å²) >= 11 is 12.3. The molecule has 2 rings (SSSR count). The summed E-state index contributed by atoms with van der Waals surface area (Å²) < 4.78 is 5.66. The molecule has 0 spiro atoms. The second-order valence-corrected chi connectivity index (χ2v) is 8.21. The number of amides is 2. The Labute approximate surface area is 188 Å². The molecule has 0 unspecified atom stereocenters. The van der Waals surface area contributed by atoms with Gasteiger partial charge in [0.2, 0.25) is 11.8 Å². The van der Waals surface area contributed by atoms with E-state index in [4.69, 9.17) is 27.9 Å². The van der Waals surface area contributed by atoms with Gasteiger partial charge < -0.3 is 15.0 Å². The van der Waals surface area contributed by atoms with Crippen LogP contribution in [0.15, 0.2) is 48.5 Å². The van der Waals surface area contributed by atoms with Crippen molar-refractivity contribution in [1.29, 1.82) is 0 Å². The van der Waals surface area contributed by atoms with Gasteiger partial charge in [-0.25, -0.2) is 0 Å². The summed E-state index contributed by atoms with van der Waals surface area (Å²) in [5.41, 5.74) is 0.735. The number of rotatable bonds is 10. The molecule has 1 atom stereocenters. The molecule has 0 aromatic heterocycles. The summed E-state index contributed by atoms with van der Waals surface area (Å²) in [6.07, 6.45) is 0.800. The van der Waals surface area contributed by atoms with Gasteiger partial charge in [0.25, 0.3) is 0 Å². The number of hydrogen-bond donors (Lipinski definition) is 1. The van der Waals surface area contributed by atoms with Crippen LogP contribution in [-0.4, -0.2) is 35.4 Å². The summed E-state index contributed by atoms with van der Waals surface area (Å²) in [6.45, 7) is 6.13. The zero-order valence-electron chi connectivity index (χ0n) is 17.5. The number of nitrogens with zero attached hydrogens (tertiary/aromatic N) is 1. The molecular weight excluding hydrogens is 423 g/mol. The Bertz CT molecular complexity index is 844. The maximum Gasteiger partial charge on any atom is 0.242 e. The molecule has 0 heterocycles. The molecule has 0 aliphatic heterocycles. The SMILES string of the molecule is CC(C)NC(=O)[C@@H](C)N(Cc1ccc(Cl)cc1Cl)C(=O)CCCOc1ccccc1. The lowest BCUT2D eigenvalue weighted by atomic mass is 10.1. The first-order valence-electron chi connectivity index (χ1n) is 9.99. The van der Waals surface area contributed by atoms with Gasteiger partial charge in [-0.05, 0) is 57.0 Å². The number of nitrogens with one attached hydrogen (secondary N) is 1. The number of hydrogen-bond acceptors (Lipinski definition) is 3. The average Bonchev–Trinajstić information content (AvgIpc) is 2.70. The molecule has 1 N–H and O–H groups in total. The molecule has 0 fully saturated rings. The van der Waals surface area contributed by atoms with E-state index in [1.807, 2.05) is 44.2 Å². The van der Waals surface area contributed by atoms with Gasteiger partial charge in [0, 0.05) is 29.1 Å². The first kappa shape index (κ1) is 24.0. The Kier molecular flexibility index (Phi) is 9.47. The van der Waals surface area contributed by atoms with E-state index in [1.165, 1.54) is 0 Å². The van der Waals surface area contributed by atoms with E-state index in [0.29, 0.717) is 23.1 Å². The van der Waals surface area contributed by atoms with Crippen molar-refractivity contribution in [2.45, 2.75) is 52.2 Å². The highest BCUT2D eigenvalue weighted by molar-refractivity contribution is 6.35. The Balaban J connectivity index is 2.04. The van der Waals surface area contributed by atoms with E-state index in [1.54, 1.807) is 30.0 Å². The second-order valence-electron chi connectivity index (χ2n) is 7.36. The molecule has 0 radical (unpaired) electrons. The monoisotopic (exact) mass is 450 g/mol. The maximum atomic E-state index is 13.0. The highest BCUT2D eigenvalue weighted by Gasteiger charge is 2.26. The Hall–Kier alpha value is -2.24. The smallest absolute Gasteiger partial charge is 0.242 e. The predicted molar refractivity (Wildman–Crippen MR) is 121 cm³/mol. The minimum Gasteiger partial charge on any atom is -0.494 e. The number of carbonyl (C=O) groups is 2. The van der Waals surface area contributed by atoms with Crippen LogP contribution in [-0.2, 0) is 16.1 Å². The summed E-state index contributed by atoms with van der Waals surface area (Å²) in [5, 5.41) is 3.85. The maximum absolute atomic E-state index is 13.0. The number of carbonyl (C=O) groups excluding carboxylic acids is 2. The summed E-state index contributed by atoms with van der Waals surface area (Å²) in [7, 11) is 0. The molecule has 7 heteroatoms. The summed E-state index contributed by atoms with van der Waals surface area (Å²) in [6, 6.07) is 13.9. The van der Waals surface area contributed by atoms with Crippen LogP contribution in [0.5, 0.6) is 5.75 Å². The normalized spacial score (nSPS) is 11.8. The van der Waals surface area contributed by atoms with Crippen molar-refractivity contribution in [2.24, 2.45) is 0 Å². The Morgan fingerprint density at radius 2 is 1.77 bits per heavy atom. The van der Waals surface area contributed by atoms with Crippen LogP contribution in [0.3, 0.4) is 0 Å². The van der Waals surface area contributed by atoms with Crippen LogP contribution in [0.2, 0.25) is 10.0 Å². The van der Waals surface area contributed by atoms with E-state index in [-0.39, 0.29) is 30.8 Å². The van der Waals surface area contributed by atoms with E-state index in [0.717, 1.165) is 11.3 Å². The van der Waals surface area contributed by atoms with Gasteiger partial charge in [-0.15, -0.1) is 0 Å². The number of benzene rings is 2. The Morgan fingerprint density at radius 1 is 1.07 bits per heavy atom. The largest absolute Gasteiger partial charge is 0.494 e. The Morgan fingerprint density at radius 3 is 2.40 bits per heavy atom. The number of halogens is 2. The summed E-state index contributed by atoms with van der Waals surface area (Å²) in [4.78, 5) is 27.1. The van der Waals surface area contributed by atoms with Crippen molar-refractivity contribution < 1.29 is 14.3 Å². The van der Waals surface area contributed by atoms with Crippen molar-refractivity contribution in [2.75, 3.05) is 6.61 Å². The second kappa shape index (κ2) is 11.8. The third-order valence-electron chi connectivity index (χ3n) is 4.50. The van der Waals surface area contributed by atoms with Crippen LogP contribution in [0, 0.1) is 0 Å². The van der Waals surface area contributed by atoms with Crippen molar-refractivity contribution in [3.05, 3.63) is 64.1 Å². The predicted octanol–water partition coefficient (Wildman–Crippen LogP) is 5.09. The fourth-order valence-electron chi connectivity index (χ4n) is 2.89. The molecule has 0 saturated heterocycles. The summed E-state index contributed by atoms with van der Waals surface area (Å²) in [5.74, 6) is 0.424. The van der Waals surface area contributed by atoms with Crippen LogP contribution >= 0.6 is 23.2 Å². The molecule has 0 bridgehead atoms. The first-order valence-corrected chi connectivity index (χ1v) is 10.7. The molecule has 0 aliphatic carbocycles. The van der Waals surface area contributed by atoms with Crippen molar-refractivity contribution in [3.63, 3.8) is 0 Å². The van der Waals surface area contributed by atoms with Gasteiger partial charge in [0.15, 0.2) is 0 Å². The van der Waals surface area contributed by atoms with Gasteiger partial charge in [0.1, 0.15) is 11.8 Å². The van der Waals surface area contributed by atoms with E-state index >= 15 is 0 Å². The van der Waals surface area contributed by atoms with Crippen molar-refractivity contribution in [3.8, 4) is 5.75 Å². The highest BCUT2D eigenvalue weighted by atomic mass is 35.5. The fourth-order valence-corrected chi connectivity index (χ4v) is 3.36. The van der Waals surface area contributed by atoms with Crippen LogP contribution in [0.1, 0.15) is 39.2 Å². The molecule has 30 heavy (non-hydrogen) atoms. The van der Waals surface area contributed by atoms with E-state index in [9.17, 15) is 9.59 Å². The average molecular weight is 451 g/mol. The molecule has 2 amide bonds. The van der Waals surface area contributed by atoms with Crippen LogP contribution < -0.4 is 10.1 Å². The lowest BCUT2D eigenvalue weighted by Crippen LogP contribution is -2.49. The molecule has 0 saturated carbocycles. The van der Waals surface area contributed by atoms with Crippen LogP contribution in [0.25, 0.3) is 0 Å². The minimum absolute atomic E-state index is 0.0182. The van der Waals surface area contributed by atoms with Gasteiger partial charge in [0.05, 0.1) is 6.61 Å². The standard InChI is InChI=1S/C23H28Cl2N2O3/c1-16(2)26-23(29)17(3)27(15-18-11-12-19(24)14-21(18)25)22(28)10-7-13-30-20-8-5-4-6-9-20/h4-6,8-9,11-12,14,16-17H,7,10,13,15H2,1-3H3,(H,26,29)/t17-/m1/s1. The molecule has 2 aromatic carbocycles. The molecule has 162 valence electrons. The van der Waals surface area contributed by atoms with Gasteiger partial charge >= 0.3 is 0 Å². The first-order chi connectivity index (χ1) is 14.3. The zero-order chi connectivity index (χ0) is 22.1. The number of ether oxygens (including phenoxy) is 1. The molecular formula is C23H28Cl2N2O3. The lowest BCUT2D eigenvalue weighted by molar-refractivity contribution is -0.141. The van der Waals surface area contributed by atoms with Crippen molar-refractivity contribution >= 4 is 35.0 Å². The van der Waals surface area contributed by atoms with Gasteiger partial charge in [-0.2, -0.15) is 0 Å². The fraction of sp³-hybridized carbons (Fsp3) is 0.391. The third kappa shape index (κ3) is 7.54. The van der Waals surface area contributed by atoms with E-state index < -0.39 is 6.04 Å². The zero-order valence-corrected chi connectivity index (χ0v) is 19.0. The van der Waals surface area contributed by atoms with Gasteiger partial charge in [-0.3, -0.25) is 9.59 Å². The molecule has 5 nitrogen and oxygen atoms in total. The highest BCUT2D eigenvalue weighted by Crippen LogP contribution is 2.23.